The maximum atomic E-state index is 5.74. The molecule has 1 aromatic carbocycles. The Labute approximate surface area is 104 Å². The number of benzene rings is 1. The molecule has 17 heavy (non-hydrogen) atoms. The molecule has 0 aliphatic heterocycles. The van der Waals surface area contributed by atoms with Gasteiger partial charge in [0.05, 0.1) is 6.26 Å². The number of nitrogens with two attached hydrogens (primary N) is 1. The van der Waals surface area contributed by atoms with Gasteiger partial charge in [-0.1, -0.05) is 6.92 Å². The van der Waals surface area contributed by atoms with E-state index in [4.69, 9.17) is 10.5 Å². The Bertz CT molecular complexity index is 444. The quantitative estimate of drug-likeness (QED) is 0.620. The van der Waals surface area contributed by atoms with Gasteiger partial charge in [-0.05, 0) is 62.6 Å². The third kappa shape index (κ3) is 3.66. The van der Waals surface area contributed by atoms with E-state index in [0.717, 1.165) is 29.0 Å². The summed E-state index contributed by atoms with van der Waals surface area (Å²) < 4.78 is 5.71. The Morgan fingerprint density at radius 2 is 2.12 bits per heavy atom. The minimum Gasteiger partial charge on any atom is -0.465 e. The van der Waals surface area contributed by atoms with Gasteiger partial charge in [-0.15, -0.1) is 0 Å². The van der Waals surface area contributed by atoms with Crippen LogP contribution in [-0.2, 0) is 4.74 Å². The molecule has 0 spiro atoms. The van der Waals surface area contributed by atoms with Gasteiger partial charge in [0.2, 0.25) is 0 Å². The first-order valence-electron chi connectivity index (χ1n) is 5.93. The van der Waals surface area contributed by atoms with E-state index in [1.807, 2.05) is 44.4 Å². The lowest BCUT2D eigenvalue weighted by Gasteiger charge is -2.10. The van der Waals surface area contributed by atoms with Crippen molar-refractivity contribution >= 4 is 11.4 Å². The predicted octanol–water partition coefficient (Wildman–Crippen LogP) is 4.27. The highest BCUT2D eigenvalue weighted by Crippen LogP contribution is 2.22. The molecule has 1 rings (SSSR count). The largest absolute Gasteiger partial charge is 0.465 e. The summed E-state index contributed by atoms with van der Waals surface area (Å²) in [6.45, 7) is 8.18. The summed E-state index contributed by atoms with van der Waals surface area (Å²) in [7, 11) is 0. The normalized spacial score (nSPS) is 12.7. The van der Waals surface area contributed by atoms with Gasteiger partial charge in [-0.2, -0.15) is 0 Å². The highest BCUT2D eigenvalue weighted by Gasteiger charge is 2.05. The lowest BCUT2D eigenvalue weighted by atomic mass is 10.1. The summed E-state index contributed by atoms with van der Waals surface area (Å²) in [6, 6.07) is 5.85. The van der Waals surface area contributed by atoms with Gasteiger partial charge in [0.15, 0.2) is 0 Å². The summed E-state index contributed by atoms with van der Waals surface area (Å²) in [4.78, 5) is 0. The highest BCUT2D eigenvalue weighted by molar-refractivity contribution is 5.65. The van der Waals surface area contributed by atoms with E-state index in [-0.39, 0.29) is 0 Å². The Balaban J connectivity index is 2.96. The number of allylic oxidation sites excluding steroid dienone is 2. The minimum atomic E-state index is 0.780. The van der Waals surface area contributed by atoms with Crippen LogP contribution in [0.5, 0.6) is 0 Å². The number of hydrogen-bond acceptors (Lipinski definition) is 2. The third-order valence-corrected chi connectivity index (χ3v) is 2.72. The topological polar surface area (TPSA) is 35.2 Å². The van der Waals surface area contributed by atoms with Crippen molar-refractivity contribution in [3.8, 4) is 0 Å². The van der Waals surface area contributed by atoms with Gasteiger partial charge in [-0.25, -0.2) is 0 Å². The first kappa shape index (κ1) is 13.4. The number of ether oxygens (including phenoxy) is 1. The molecule has 2 nitrogen and oxygen atoms in total. The van der Waals surface area contributed by atoms with E-state index in [2.05, 4.69) is 13.8 Å². The zero-order chi connectivity index (χ0) is 12.8. The molecule has 0 bridgehead atoms. The summed E-state index contributed by atoms with van der Waals surface area (Å²) in [5, 5.41) is 0. The van der Waals surface area contributed by atoms with Crippen LogP contribution >= 0.6 is 0 Å². The fourth-order valence-corrected chi connectivity index (χ4v) is 1.50. The van der Waals surface area contributed by atoms with Crippen LogP contribution in [-0.4, -0.2) is 0 Å². The SMILES string of the molecule is C/C=C(\OC=C(C)CC)c1ccc(N)cc1C. The summed E-state index contributed by atoms with van der Waals surface area (Å²) in [5.74, 6) is 0.871. The highest BCUT2D eigenvalue weighted by atomic mass is 16.5. The van der Waals surface area contributed by atoms with E-state index in [0.29, 0.717) is 0 Å². The van der Waals surface area contributed by atoms with Crippen molar-refractivity contribution in [1.82, 2.24) is 0 Å². The zero-order valence-corrected chi connectivity index (χ0v) is 11.1. The smallest absolute Gasteiger partial charge is 0.129 e. The van der Waals surface area contributed by atoms with Crippen molar-refractivity contribution in [2.75, 3.05) is 5.73 Å². The monoisotopic (exact) mass is 231 g/mol. The lowest BCUT2D eigenvalue weighted by Crippen LogP contribution is -1.93. The average molecular weight is 231 g/mol. The molecule has 92 valence electrons. The molecule has 0 amide bonds. The molecule has 0 heterocycles. The second kappa shape index (κ2) is 6.14. The summed E-state index contributed by atoms with van der Waals surface area (Å²) >= 11 is 0. The number of nitrogen functional groups attached to an aromatic ring is 1. The van der Waals surface area contributed by atoms with Crippen molar-refractivity contribution in [3.05, 3.63) is 47.2 Å². The zero-order valence-electron chi connectivity index (χ0n) is 11.1. The van der Waals surface area contributed by atoms with Crippen LogP contribution in [0, 0.1) is 6.92 Å². The predicted molar refractivity (Wildman–Crippen MR) is 74.4 cm³/mol. The van der Waals surface area contributed by atoms with Gasteiger partial charge < -0.3 is 10.5 Å². The third-order valence-electron chi connectivity index (χ3n) is 2.72. The number of aryl methyl sites for hydroxylation is 1. The molecule has 0 fully saturated rings. The summed E-state index contributed by atoms with van der Waals surface area (Å²) in [5.41, 5.74) is 9.95. The molecule has 0 unspecified atom stereocenters. The molecule has 2 N–H and O–H groups in total. The molecule has 0 aliphatic carbocycles. The van der Waals surface area contributed by atoms with Crippen LogP contribution < -0.4 is 5.73 Å². The van der Waals surface area contributed by atoms with Gasteiger partial charge >= 0.3 is 0 Å². The second-order valence-corrected chi connectivity index (χ2v) is 4.16. The van der Waals surface area contributed by atoms with Gasteiger partial charge in [-0.3, -0.25) is 0 Å². The van der Waals surface area contributed by atoms with Gasteiger partial charge in [0, 0.05) is 11.3 Å². The molecule has 0 aromatic heterocycles. The molecule has 0 radical (unpaired) electrons. The molecule has 1 aromatic rings. The van der Waals surface area contributed by atoms with E-state index in [1.54, 1.807) is 0 Å². The molecular formula is C15H21NO. The second-order valence-electron chi connectivity index (χ2n) is 4.16. The Kier molecular flexibility index (Phi) is 4.83. The van der Waals surface area contributed by atoms with E-state index < -0.39 is 0 Å². The fraction of sp³-hybridized carbons (Fsp3) is 0.333. The fourth-order valence-electron chi connectivity index (χ4n) is 1.50. The molecule has 2 heteroatoms. The summed E-state index contributed by atoms with van der Waals surface area (Å²) in [6.07, 6.45) is 4.78. The van der Waals surface area contributed by atoms with Crippen molar-refractivity contribution < 1.29 is 4.74 Å². The number of anilines is 1. The van der Waals surface area contributed by atoms with Crippen molar-refractivity contribution in [2.24, 2.45) is 0 Å². The number of hydrogen-bond donors (Lipinski definition) is 1. The molecule has 0 atom stereocenters. The van der Waals surface area contributed by atoms with E-state index >= 15 is 0 Å². The Morgan fingerprint density at radius 1 is 1.41 bits per heavy atom. The first-order chi connectivity index (χ1) is 8.08. The van der Waals surface area contributed by atoms with Crippen LogP contribution in [0.4, 0.5) is 5.69 Å². The lowest BCUT2D eigenvalue weighted by molar-refractivity contribution is 0.429. The molecular weight excluding hydrogens is 210 g/mol. The minimum absolute atomic E-state index is 0.780. The average Bonchev–Trinajstić information content (AvgIpc) is 2.31. The van der Waals surface area contributed by atoms with E-state index in [1.165, 1.54) is 5.57 Å². The molecule has 0 aliphatic rings. The Hall–Kier alpha value is -1.70. The maximum absolute atomic E-state index is 5.74. The van der Waals surface area contributed by atoms with Crippen LogP contribution in [0.15, 0.2) is 36.1 Å². The van der Waals surface area contributed by atoms with Crippen molar-refractivity contribution in [3.63, 3.8) is 0 Å². The van der Waals surface area contributed by atoms with Crippen LogP contribution in [0.2, 0.25) is 0 Å². The van der Waals surface area contributed by atoms with Gasteiger partial charge in [0.25, 0.3) is 0 Å². The first-order valence-corrected chi connectivity index (χ1v) is 5.93. The van der Waals surface area contributed by atoms with Crippen molar-refractivity contribution in [1.29, 1.82) is 0 Å². The van der Waals surface area contributed by atoms with Crippen LogP contribution in [0.1, 0.15) is 38.3 Å². The van der Waals surface area contributed by atoms with Crippen LogP contribution in [0.3, 0.4) is 0 Å². The molecule has 0 saturated heterocycles. The van der Waals surface area contributed by atoms with Crippen molar-refractivity contribution in [2.45, 2.75) is 34.1 Å². The Morgan fingerprint density at radius 3 is 2.65 bits per heavy atom. The van der Waals surface area contributed by atoms with Crippen LogP contribution in [0.25, 0.3) is 5.76 Å². The number of rotatable bonds is 4. The maximum Gasteiger partial charge on any atom is 0.129 e. The van der Waals surface area contributed by atoms with Gasteiger partial charge in [0.1, 0.15) is 5.76 Å². The van der Waals surface area contributed by atoms with E-state index in [9.17, 15) is 0 Å². The molecule has 0 saturated carbocycles. The standard InChI is InChI=1S/C15H21NO/c1-5-11(3)10-17-15(6-2)14-8-7-13(16)9-12(14)4/h6-10H,5,16H2,1-4H3/b11-10?,15-6-.